The molecule has 1 aromatic carbocycles. The van der Waals surface area contributed by atoms with Crippen LogP contribution in [0.1, 0.15) is 32.8 Å². The predicted molar refractivity (Wildman–Crippen MR) is 79.3 cm³/mol. The predicted octanol–water partition coefficient (Wildman–Crippen LogP) is 3.18. The number of nitrogens with one attached hydrogen (secondary N) is 1. The van der Waals surface area contributed by atoms with Gasteiger partial charge in [0.2, 0.25) is 0 Å². The first kappa shape index (κ1) is 16.0. The van der Waals surface area contributed by atoms with Crippen LogP contribution >= 0.6 is 0 Å². The first-order valence-electron chi connectivity index (χ1n) is 6.57. The van der Waals surface area contributed by atoms with Gasteiger partial charge in [0.25, 0.3) is 0 Å². The fourth-order valence-corrected chi connectivity index (χ4v) is 1.54. The standard InChI is InChI=1S/C16H21NO3/c1-16(2,3)20-15(19)17-14(11-12-18)10-9-13-7-5-4-6-8-13/h4-10,12,14H,11H2,1-3H3,(H,17,19)/b10-9+/t14-/m1/s1. The molecular weight excluding hydrogens is 254 g/mol. The lowest BCUT2D eigenvalue weighted by atomic mass is 10.1. The minimum Gasteiger partial charge on any atom is -0.444 e. The number of aldehydes is 1. The molecule has 0 bridgehead atoms. The molecule has 0 aromatic heterocycles. The molecule has 1 aromatic rings. The third kappa shape index (κ3) is 6.73. The van der Waals surface area contributed by atoms with Gasteiger partial charge < -0.3 is 14.8 Å². The van der Waals surface area contributed by atoms with Crippen LogP contribution in [0.2, 0.25) is 0 Å². The van der Waals surface area contributed by atoms with Crippen molar-refractivity contribution in [3.05, 3.63) is 42.0 Å². The highest BCUT2D eigenvalue weighted by atomic mass is 16.6. The number of hydrogen-bond donors (Lipinski definition) is 1. The van der Waals surface area contributed by atoms with Crippen LogP contribution in [0, 0.1) is 0 Å². The summed E-state index contributed by atoms with van der Waals surface area (Å²) in [5, 5.41) is 2.67. The molecule has 20 heavy (non-hydrogen) atoms. The molecule has 0 aliphatic carbocycles. The smallest absolute Gasteiger partial charge is 0.408 e. The van der Waals surface area contributed by atoms with Crippen LogP contribution in [-0.2, 0) is 9.53 Å². The molecule has 0 spiro atoms. The highest BCUT2D eigenvalue weighted by Gasteiger charge is 2.18. The van der Waals surface area contributed by atoms with Crippen molar-refractivity contribution in [2.45, 2.75) is 38.8 Å². The van der Waals surface area contributed by atoms with E-state index < -0.39 is 11.7 Å². The zero-order chi connectivity index (χ0) is 15.0. The third-order valence-corrected chi connectivity index (χ3v) is 2.37. The Bertz CT molecular complexity index is 460. The third-order valence-electron chi connectivity index (χ3n) is 2.37. The first-order chi connectivity index (χ1) is 9.40. The van der Waals surface area contributed by atoms with Crippen molar-refractivity contribution in [2.24, 2.45) is 0 Å². The summed E-state index contributed by atoms with van der Waals surface area (Å²) in [4.78, 5) is 22.3. The normalized spacial score (nSPS) is 12.9. The number of alkyl carbamates (subject to hydrolysis) is 1. The van der Waals surface area contributed by atoms with Gasteiger partial charge in [-0.05, 0) is 26.3 Å². The summed E-state index contributed by atoms with van der Waals surface area (Å²) >= 11 is 0. The van der Waals surface area contributed by atoms with E-state index in [2.05, 4.69) is 5.32 Å². The second kappa shape index (κ2) is 7.48. The Labute approximate surface area is 119 Å². The molecule has 0 unspecified atom stereocenters. The molecule has 0 radical (unpaired) electrons. The summed E-state index contributed by atoms with van der Waals surface area (Å²) in [5.41, 5.74) is 0.452. The molecule has 0 fully saturated rings. The van der Waals surface area contributed by atoms with Gasteiger partial charge in [-0.15, -0.1) is 0 Å². The van der Waals surface area contributed by atoms with E-state index in [0.717, 1.165) is 11.8 Å². The van der Waals surface area contributed by atoms with Crippen LogP contribution in [0.5, 0.6) is 0 Å². The summed E-state index contributed by atoms with van der Waals surface area (Å²) in [6.07, 6.45) is 4.11. The molecule has 0 saturated carbocycles. The van der Waals surface area contributed by atoms with E-state index in [1.165, 1.54) is 0 Å². The molecule has 0 aliphatic rings. The van der Waals surface area contributed by atoms with Crippen molar-refractivity contribution in [3.8, 4) is 0 Å². The van der Waals surface area contributed by atoms with E-state index in [9.17, 15) is 9.59 Å². The Hall–Kier alpha value is -2.10. The van der Waals surface area contributed by atoms with Crippen LogP contribution in [0.25, 0.3) is 6.08 Å². The Morgan fingerprint density at radius 3 is 2.50 bits per heavy atom. The number of benzene rings is 1. The lowest BCUT2D eigenvalue weighted by Crippen LogP contribution is -2.38. The first-order valence-corrected chi connectivity index (χ1v) is 6.57. The average Bonchev–Trinajstić information content (AvgIpc) is 2.35. The van der Waals surface area contributed by atoms with Crippen LogP contribution < -0.4 is 5.32 Å². The maximum Gasteiger partial charge on any atom is 0.408 e. The molecule has 4 heteroatoms. The Kier molecular flexibility index (Phi) is 5.97. The monoisotopic (exact) mass is 275 g/mol. The topological polar surface area (TPSA) is 55.4 Å². The highest BCUT2D eigenvalue weighted by Crippen LogP contribution is 2.08. The second-order valence-electron chi connectivity index (χ2n) is 5.42. The lowest BCUT2D eigenvalue weighted by molar-refractivity contribution is -0.108. The van der Waals surface area contributed by atoms with E-state index in [0.29, 0.717) is 0 Å². The summed E-state index contributed by atoms with van der Waals surface area (Å²) in [6.45, 7) is 5.38. The van der Waals surface area contributed by atoms with Gasteiger partial charge in [-0.1, -0.05) is 42.5 Å². The number of carbonyl (C=O) groups is 2. The second-order valence-corrected chi connectivity index (χ2v) is 5.42. The SMILES string of the molecule is CC(C)(C)OC(=O)N[C@H](/C=C/c1ccccc1)CC=O. The molecule has 0 aliphatic heterocycles. The van der Waals surface area contributed by atoms with Crippen LogP contribution in [0.4, 0.5) is 4.79 Å². The van der Waals surface area contributed by atoms with Crippen LogP contribution in [0.15, 0.2) is 36.4 Å². The number of rotatable bonds is 5. The molecule has 4 nitrogen and oxygen atoms in total. The Morgan fingerprint density at radius 2 is 1.95 bits per heavy atom. The summed E-state index contributed by atoms with van der Waals surface area (Å²) in [5.74, 6) is 0. The van der Waals surface area contributed by atoms with E-state index >= 15 is 0 Å². The minimum atomic E-state index is -0.557. The number of carbonyl (C=O) groups excluding carboxylic acids is 2. The van der Waals surface area contributed by atoms with Gasteiger partial charge in [-0.2, -0.15) is 0 Å². The van der Waals surface area contributed by atoms with E-state index in [1.807, 2.05) is 36.4 Å². The zero-order valence-electron chi connectivity index (χ0n) is 12.1. The van der Waals surface area contributed by atoms with Crippen LogP contribution in [-0.4, -0.2) is 24.0 Å². The minimum absolute atomic E-state index is 0.211. The maximum atomic E-state index is 11.7. The van der Waals surface area contributed by atoms with Gasteiger partial charge in [0.15, 0.2) is 0 Å². The molecule has 1 atom stereocenters. The molecule has 108 valence electrons. The summed E-state index contributed by atoms with van der Waals surface area (Å²) in [7, 11) is 0. The van der Waals surface area contributed by atoms with Crippen molar-refractivity contribution in [1.82, 2.24) is 5.32 Å². The van der Waals surface area contributed by atoms with Crippen molar-refractivity contribution in [2.75, 3.05) is 0 Å². The largest absolute Gasteiger partial charge is 0.444 e. The number of ether oxygens (including phenoxy) is 1. The van der Waals surface area contributed by atoms with Gasteiger partial charge in [0.05, 0.1) is 6.04 Å². The van der Waals surface area contributed by atoms with Gasteiger partial charge in [-0.25, -0.2) is 4.79 Å². The van der Waals surface area contributed by atoms with E-state index in [4.69, 9.17) is 4.74 Å². The van der Waals surface area contributed by atoms with E-state index in [1.54, 1.807) is 26.8 Å². The molecule has 1 rings (SSSR count). The van der Waals surface area contributed by atoms with Crippen molar-refractivity contribution in [3.63, 3.8) is 0 Å². The van der Waals surface area contributed by atoms with Gasteiger partial charge in [0.1, 0.15) is 11.9 Å². The molecule has 1 N–H and O–H groups in total. The van der Waals surface area contributed by atoms with E-state index in [-0.39, 0.29) is 12.5 Å². The fourth-order valence-electron chi connectivity index (χ4n) is 1.54. The van der Waals surface area contributed by atoms with Crippen LogP contribution in [0.3, 0.4) is 0 Å². The quantitative estimate of drug-likeness (QED) is 0.840. The summed E-state index contributed by atoms with van der Waals surface area (Å²) < 4.78 is 5.17. The Balaban J connectivity index is 2.63. The zero-order valence-corrected chi connectivity index (χ0v) is 12.1. The number of hydrogen-bond acceptors (Lipinski definition) is 3. The molecular formula is C16H21NO3. The van der Waals surface area contributed by atoms with Crippen molar-refractivity contribution in [1.29, 1.82) is 0 Å². The number of amides is 1. The molecule has 1 amide bonds. The Morgan fingerprint density at radius 1 is 1.30 bits per heavy atom. The van der Waals surface area contributed by atoms with Crippen molar-refractivity contribution >= 4 is 18.5 Å². The average molecular weight is 275 g/mol. The maximum absolute atomic E-state index is 11.7. The van der Waals surface area contributed by atoms with Gasteiger partial charge >= 0.3 is 6.09 Å². The van der Waals surface area contributed by atoms with Gasteiger partial charge in [-0.3, -0.25) is 0 Å². The molecule has 0 saturated heterocycles. The lowest BCUT2D eigenvalue weighted by Gasteiger charge is -2.21. The highest BCUT2D eigenvalue weighted by molar-refractivity contribution is 5.69. The fraction of sp³-hybridized carbons (Fsp3) is 0.375. The summed E-state index contributed by atoms with van der Waals surface area (Å²) in [6, 6.07) is 9.30. The van der Waals surface area contributed by atoms with Crippen molar-refractivity contribution < 1.29 is 14.3 Å². The van der Waals surface area contributed by atoms with Gasteiger partial charge in [0, 0.05) is 6.42 Å². The molecule has 0 heterocycles.